The third-order valence-corrected chi connectivity index (χ3v) is 5.02. The van der Waals surface area contributed by atoms with Gasteiger partial charge in [0.15, 0.2) is 0 Å². The Balaban J connectivity index is 2.25. The van der Waals surface area contributed by atoms with Crippen molar-refractivity contribution in [3.8, 4) is 0 Å². The number of aliphatic hydroxyl groups is 1. The van der Waals surface area contributed by atoms with Crippen LogP contribution in [0.1, 0.15) is 50.0 Å². The van der Waals surface area contributed by atoms with E-state index in [1.807, 2.05) is 52.8 Å². The van der Waals surface area contributed by atoms with Crippen LogP contribution in [-0.2, 0) is 9.31 Å². The Bertz CT molecular complexity index is 599. The number of carbonyl (C=O) groups excluding carboxylic acids is 1. The minimum atomic E-state index is -0.482. The van der Waals surface area contributed by atoms with Gasteiger partial charge in [-0.1, -0.05) is 12.1 Å². The second-order valence-corrected chi connectivity index (χ2v) is 7.47. The standard InChI is InChI=1S/C18H28BNO4/c1-13-8-9-14(19-23-17(2,3)18(4,5)24-19)12-15(13)16(22)20(6)10-7-11-21/h8-9,12,21H,7,10-11H2,1-6H3. The van der Waals surface area contributed by atoms with E-state index in [1.165, 1.54) is 0 Å². The summed E-state index contributed by atoms with van der Waals surface area (Å²) >= 11 is 0. The van der Waals surface area contributed by atoms with Crippen LogP contribution in [0.2, 0.25) is 0 Å². The molecule has 1 aromatic carbocycles. The van der Waals surface area contributed by atoms with E-state index < -0.39 is 18.3 Å². The molecule has 0 atom stereocenters. The van der Waals surface area contributed by atoms with Gasteiger partial charge in [-0.3, -0.25) is 4.79 Å². The Labute approximate surface area is 145 Å². The molecule has 1 amide bonds. The van der Waals surface area contributed by atoms with Gasteiger partial charge in [0.1, 0.15) is 0 Å². The van der Waals surface area contributed by atoms with E-state index in [2.05, 4.69) is 0 Å². The number of aryl methyl sites for hydroxylation is 1. The van der Waals surface area contributed by atoms with E-state index >= 15 is 0 Å². The topological polar surface area (TPSA) is 59.0 Å². The minimum Gasteiger partial charge on any atom is -0.399 e. The largest absolute Gasteiger partial charge is 0.494 e. The third kappa shape index (κ3) is 3.66. The van der Waals surface area contributed by atoms with Crippen LogP contribution < -0.4 is 5.46 Å². The molecule has 0 radical (unpaired) electrons. The van der Waals surface area contributed by atoms with E-state index in [4.69, 9.17) is 14.4 Å². The average Bonchev–Trinajstić information content (AvgIpc) is 2.72. The Kier molecular flexibility index (Phi) is 5.42. The summed E-state index contributed by atoms with van der Waals surface area (Å²) in [7, 11) is 1.27. The van der Waals surface area contributed by atoms with Crippen molar-refractivity contribution in [1.29, 1.82) is 0 Å². The molecule has 1 aliphatic heterocycles. The molecule has 0 saturated carbocycles. The highest BCUT2D eigenvalue weighted by atomic mass is 16.7. The van der Waals surface area contributed by atoms with E-state index in [1.54, 1.807) is 11.9 Å². The summed E-state index contributed by atoms with van der Waals surface area (Å²) in [6.45, 7) is 10.6. The monoisotopic (exact) mass is 333 g/mol. The fourth-order valence-electron chi connectivity index (χ4n) is 2.61. The molecule has 1 N–H and O–H groups in total. The molecule has 24 heavy (non-hydrogen) atoms. The fraction of sp³-hybridized carbons (Fsp3) is 0.611. The van der Waals surface area contributed by atoms with Gasteiger partial charge < -0.3 is 19.3 Å². The molecule has 0 spiro atoms. The molecule has 0 bridgehead atoms. The van der Waals surface area contributed by atoms with Crippen molar-refractivity contribution in [3.63, 3.8) is 0 Å². The molecule has 1 aliphatic rings. The summed E-state index contributed by atoms with van der Waals surface area (Å²) < 4.78 is 12.1. The summed E-state index contributed by atoms with van der Waals surface area (Å²) in [5.74, 6) is -0.0562. The molecule has 132 valence electrons. The Morgan fingerprint density at radius 2 is 1.79 bits per heavy atom. The summed E-state index contributed by atoms with van der Waals surface area (Å²) in [4.78, 5) is 14.3. The van der Waals surface area contributed by atoms with Gasteiger partial charge in [-0.15, -0.1) is 0 Å². The van der Waals surface area contributed by atoms with Crippen molar-refractivity contribution >= 4 is 18.5 Å². The molecular formula is C18H28BNO4. The van der Waals surface area contributed by atoms with Gasteiger partial charge >= 0.3 is 7.12 Å². The van der Waals surface area contributed by atoms with Gasteiger partial charge in [0, 0.05) is 25.8 Å². The second kappa shape index (κ2) is 6.86. The van der Waals surface area contributed by atoms with Gasteiger partial charge in [-0.25, -0.2) is 0 Å². The maximum atomic E-state index is 12.7. The highest BCUT2D eigenvalue weighted by Crippen LogP contribution is 2.36. The molecule has 0 aliphatic carbocycles. The van der Waals surface area contributed by atoms with Crippen LogP contribution in [0.5, 0.6) is 0 Å². The molecule has 5 nitrogen and oxygen atoms in total. The van der Waals surface area contributed by atoms with E-state index in [9.17, 15) is 4.79 Å². The highest BCUT2D eigenvalue weighted by Gasteiger charge is 2.51. The smallest absolute Gasteiger partial charge is 0.399 e. The van der Waals surface area contributed by atoms with Crippen molar-refractivity contribution in [1.82, 2.24) is 4.90 Å². The lowest BCUT2D eigenvalue weighted by Crippen LogP contribution is -2.41. The molecule has 1 aromatic rings. The number of hydrogen-bond acceptors (Lipinski definition) is 4. The Morgan fingerprint density at radius 1 is 1.21 bits per heavy atom. The van der Waals surface area contributed by atoms with E-state index in [0.29, 0.717) is 18.5 Å². The van der Waals surface area contributed by atoms with Crippen molar-refractivity contribution in [2.45, 2.75) is 52.2 Å². The number of amides is 1. The summed E-state index contributed by atoms with van der Waals surface area (Å²) in [5.41, 5.74) is 1.58. The SMILES string of the molecule is Cc1ccc(B2OC(C)(C)C(C)(C)O2)cc1C(=O)N(C)CCCO. The van der Waals surface area contributed by atoms with Crippen LogP contribution in [0.25, 0.3) is 0 Å². The molecule has 1 fully saturated rings. The number of aliphatic hydroxyl groups excluding tert-OH is 1. The third-order valence-electron chi connectivity index (χ3n) is 5.02. The lowest BCUT2D eigenvalue weighted by molar-refractivity contribution is 0.00578. The Morgan fingerprint density at radius 3 is 2.33 bits per heavy atom. The lowest BCUT2D eigenvalue weighted by atomic mass is 9.77. The average molecular weight is 333 g/mol. The molecule has 2 rings (SSSR count). The van der Waals surface area contributed by atoms with Crippen LogP contribution in [0.4, 0.5) is 0 Å². The van der Waals surface area contributed by atoms with Crippen molar-refractivity contribution in [2.24, 2.45) is 0 Å². The zero-order chi connectivity index (χ0) is 18.1. The highest BCUT2D eigenvalue weighted by molar-refractivity contribution is 6.62. The van der Waals surface area contributed by atoms with Crippen LogP contribution in [0.15, 0.2) is 18.2 Å². The van der Waals surface area contributed by atoms with Crippen LogP contribution >= 0.6 is 0 Å². The Hall–Kier alpha value is -1.37. The molecule has 6 heteroatoms. The molecular weight excluding hydrogens is 305 g/mol. The molecule has 1 saturated heterocycles. The van der Waals surface area contributed by atoms with Crippen LogP contribution in [0, 0.1) is 6.92 Å². The first-order valence-corrected chi connectivity index (χ1v) is 8.41. The quantitative estimate of drug-likeness (QED) is 0.834. The zero-order valence-electron chi connectivity index (χ0n) is 15.5. The molecule has 0 aromatic heterocycles. The van der Waals surface area contributed by atoms with Crippen LogP contribution in [-0.4, -0.2) is 54.4 Å². The first-order chi connectivity index (χ1) is 11.1. The van der Waals surface area contributed by atoms with Gasteiger partial charge in [0.05, 0.1) is 11.2 Å². The van der Waals surface area contributed by atoms with Crippen molar-refractivity contribution < 1.29 is 19.2 Å². The number of carbonyl (C=O) groups is 1. The lowest BCUT2D eigenvalue weighted by Gasteiger charge is -2.32. The summed E-state index contributed by atoms with van der Waals surface area (Å²) in [6.07, 6.45) is 0.568. The zero-order valence-corrected chi connectivity index (χ0v) is 15.5. The first-order valence-electron chi connectivity index (χ1n) is 8.41. The predicted molar refractivity (Wildman–Crippen MR) is 95.6 cm³/mol. The number of benzene rings is 1. The number of hydrogen-bond donors (Lipinski definition) is 1. The number of nitrogens with zero attached hydrogens (tertiary/aromatic N) is 1. The van der Waals surface area contributed by atoms with Gasteiger partial charge in [0.2, 0.25) is 0 Å². The predicted octanol–water partition coefficient (Wildman–Crippen LogP) is 1.75. The van der Waals surface area contributed by atoms with E-state index in [-0.39, 0.29) is 12.5 Å². The maximum Gasteiger partial charge on any atom is 0.494 e. The minimum absolute atomic E-state index is 0.0562. The normalized spacial score (nSPS) is 18.7. The summed E-state index contributed by atoms with van der Waals surface area (Å²) in [6, 6.07) is 5.73. The van der Waals surface area contributed by atoms with E-state index in [0.717, 1.165) is 11.0 Å². The summed E-state index contributed by atoms with van der Waals surface area (Å²) in [5, 5.41) is 8.94. The molecule has 0 unspecified atom stereocenters. The first kappa shape index (κ1) is 19.0. The second-order valence-electron chi connectivity index (χ2n) is 7.47. The van der Waals surface area contributed by atoms with Gasteiger partial charge in [-0.05, 0) is 58.1 Å². The van der Waals surface area contributed by atoms with Crippen LogP contribution in [0.3, 0.4) is 0 Å². The number of rotatable bonds is 5. The van der Waals surface area contributed by atoms with Crippen molar-refractivity contribution in [3.05, 3.63) is 29.3 Å². The van der Waals surface area contributed by atoms with Gasteiger partial charge in [0.25, 0.3) is 5.91 Å². The fourth-order valence-corrected chi connectivity index (χ4v) is 2.61. The molecule has 1 heterocycles. The van der Waals surface area contributed by atoms with Crippen molar-refractivity contribution in [2.75, 3.05) is 20.2 Å². The van der Waals surface area contributed by atoms with Gasteiger partial charge in [-0.2, -0.15) is 0 Å². The maximum absolute atomic E-state index is 12.7.